The van der Waals surface area contributed by atoms with Crippen LogP contribution in [0.5, 0.6) is 5.75 Å². The molecule has 0 aliphatic carbocycles. The molecule has 1 atom stereocenters. The summed E-state index contributed by atoms with van der Waals surface area (Å²) in [5.74, 6) is 0.639. The molecule has 1 aromatic heterocycles. The predicted octanol–water partition coefficient (Wildman–Crippen LogP) is 4.06. The molecule has 0 spiro atoms. The van der Waals surface area contributed by atoms with Crippen molar-refractivity contribution in [2.75, 3.05) is 32.1 Å². The highest BCUT2D eigenvalue weighted by Gasteiger charge is 2.34. The Balaban J connectivity index is 1.61. The van der Waals surface area contributed by atoms with E-state index in [-0.39, 0.29) is 17.9 Å². The van der Waals surface area contributed by atoms with E-state index in [9.17, 15) is 9.59 Å². The Bertz CT molecular complexity index is 1170. The molecule has 1 aliphatic rings. The van der Waals surface area contributed by atoms with E-state index in [1.54, 1.807) is 25.1 Å². The molecular weight excluding hydrogens is 428 g/mol. The maximum Gasteiger partial charge on any atom is 0.254 e. The van der Waals surface area contributed by atoms with Crippen LogP contribution in [0.15, 0.2) is 66.9 Å². The summed E-state index contributed by atoms with van der Waals surface area (Å²) < 4.78 is 5.58. The molecule has 1 fully saturated rings. The number of carbonyl (C=O) groups is 2. The number of piperazine rings is 1. The zero-order valence-electron chi connectivity index (χ0n) is 19.8. The third kappa shape index (κ3) is 5.03. The maximum atomic E-state index is 13.7. The van der Waals surface area contributed by atoms with Gasteiger partial charge in [0.15, 0.2) is 0 Å². The third-order valence-electron chi connectivity index (χ3n) is 6.26. The molecule has 0 bridgehead atoms. The molecule has 0 radical (unpaired) electrons. The summed E-state index contributed by atoms with van der Waals surface area (Å²) in [5, 5.41) is 3.40. The summed E-state index contributed by atoms with van der Waals surface area (Å²) in [4.78, 5) is 33.9. The number of nitrogens with one attached hydrogen (secondary N) is 1. The first kappa shape index (κ1) is 23.3. The van der Waals surface area contributed by atoms with Crippen molar-refractivity contribution in [2.45, 2.75) is 26.4 Å². The predicted molar refractivity (Wildman–Crippen MR) is 132 cm³/mol. The van der Waals surface area contributed by atoms with Crippen LogP contribution in [0.1, 0.15) is 40.1 Å². The van der Waals surface area contributed by atoms with E-state index in [1.165, 1.54) is 0 Å². The molecule has 2 aromatic carbocycles. The number of aromatic nitrogens is 1. The molecule has 1 aliphatic heterocycles. The Labute approximate surface area is 200 Å². The highest BCUT2D eigenvalue weighted by atomic mass is 16.5. The fourth-order valence-corrected chi connectivity index (χ4v) is 4.32. The lowest BCUT2D eigenvalue weighted by molar-refractivity contribution is -0.131. The summed E-state index contributed by atoms with van der Waals surface area (Å²) >= 11 is 0. The van der Waals surface area contributed by atoms with Gasteiger partial charge >= 0.3 is 0 Å². The second kappa shape index (κ2) is 10.4. The van der Waals surface area contributed by atoms with Gasteiger partial charge < -0.3 is 19.9 Å². The summed E-state index contributed by atoms with van der Waals surface area (Å²) in [6, 6.07) is 18.9. The van der Waals surface area contributed by atoms with Gasteiger partial charge in [0.05, 0.1) is 25.4 Å². The van der Waals surface area contributed by atoms with Gasteiger partial charge in [-0.05, 0) is 42.8 Å². The van der Waals surface area contributed by atoms with E-state index < -0.39 is 0 Å². The van der Waals surface area contributed by atoms with Crippen molar-refractivity contribution in [1.82, 2.24) is 14.8 Å². The summed E-state index contributed by atoms with van der Waals surface area (Å²) in [7, 11) is 1.62. The lowest BCUT2D eigenvalue weighted by Gasteiger charge is -2.41. The average Bonchev–Trinajstić information content (AvgIpc) is 2.88. The third-order valence-corrected chi connectivity index (χ3v) is 6.26. The first-order valence-electron chi connectivity index (χ1n) is 11.4. The molecule has 7 heteroatoms. The maximum absolute atomic E-state index is 13.7. The number of benzene rings is 2. The van der Waals surface area contributed by atoms with Gasteiger partial charge in [0.2, 0.25) is 5.91 Å². The Kier molecular flexibility index (Phi) is 7.11. The van der Waals surface area contributed by atoms with E-state index in [0.29, 0.717) is 37.5 Å². The molecule has 1 saturated heterocycles. The fraction of sp³-hybridized carbons (Fsp3) is 0.296. The van der Waals surface area contributed by atoms with Crippen molar-refractivity contribution in [2.24, 2.45) is 0 Å². The van der Waals surface area contributed by atoms with Crippen LogP contribution in [0, 0.1) is 6.92 Å². The van der Waals surface area contributed by atoms with Crippen LogP contribution < -0.4 is 10.1 Å². The van der Waals surface area contributed by atoms with E-state index in [0.717, 1.165) is 22.5 Å². The minimum atomic E-state index is -0.299. The minimum Gasteiger partial charge on any atom is -0.496 e. The number of ether oxygens (including phenoxy) is 1. The number of amides is 2. The first-order valence-corrected chi connectivity index (χ1v) is 11.4. The van der Waals surface area contributed by atoms with E-state index in [2.05, 4.69) is 10.3 Å². The molecule has 3 aromatic rings. The number of pyridine rings is 1. The Hall–Kier alpha value is -3.87. The second-order valence-electron chi connectivity index (χ2n) is 8.43. The molecule has 4 rings (SSSR count). The monoisotopic (exact) mass is 458 g/mol. The molecule has 0 unspecified atom stereocenters. The second-order valence-corrected chi connectivity index (χ2v) is 8.43. The SMILES string of the molecule is COc1ccccc1[C@H]1CN(C(C)=O)CCN1C(=O)c1ccc(C)c(NCc2ccccn2)c1. The summed E-state index contributed by atoms with van der Waals surface area (Å²) in [6.45, 7) is 5.53. The lowest BCUT2D eigenvalue weighted by atomic mass is 9.99. The van der Waals surface area contributed by atoms with E-state index >= 15 is 0 Å². The van der Waals surface area contributed by atoms with Gasteiger partial charge in [-0.2, -0.15) is 0 Å². The fourth-order valence-electron chi connectivity index (χ4n) is 4.32. The highest BCUT2D eigenvalue weighted by Crippen LogP contribution is 2.33. The van der Waals surface area contributed by atoms with Crippen LogP contribution in [0.3, 0.4) is 0 Å². The number of hydrogen-bond donors (Lipinski definition) is 1. The highest BCUT2D eigenvalue weighted by molar-refractivity contribution is 5.96. The van der Waals surface area contributed by atoms with Crippen molar-refractivity contribution in [1.29, 1.82) is 0 Å². The molecule has 1 N–H and O–H groups in total. The zero-order chi connectivity index (χ0) is 24.1. The zero-order valence-corrected chi connectivity index (χ0v) is 19.8. The van der Waals surface area contributed by atoms with Crippen molar-refractivity contribution < 1.29 is 14.3 Å². The smallest absolute Gasteiger partial charge is 0.254 e. The topological polar surface area (TPSA) is 74.8 Å². The van der Waals surface area contributed by atoms with Gasteiger partial charge in [-0.25, -0.2) is 0 Å². The number of hydrogen-bond acceptors (Lipinski definition) is 5. The van der Waals surface area contributed by atoms with Crippen LogP contribution in [-0.2, 0) is 11.3 Å². The largest absolute Gasteiger partial charge is 0.496 e. The van der Waals surface area contributed by atoms with Crippen molar-refractivity contribution in [3.8, 4) is 5.75 Å². The minimum absolute atomic E-state index is 0.00309. The molecule has 2 amide bonds. The molecule has 7 nitrogen and oxygen atoms in total. The number of methoxy groups -OCH3 is 1. The quantitative estimate of drug-likeness (QED) is 0.603. The average molecular weight is 459 g/mol. The standard InChI is InChI=1S/C27H30N4O3/c1-19-11-12-21(16-24(19)29-17-22-8-6-7-13-28-22)27(33)31-15-14-30(20(2)32)18-25(31)23-9-4-5-10-26(23)34-3/h4-13,16,25,29H,14-15,17-18H2,1-3H3/t25-/m1/s1. The van der Waals surface area contributed by atoms with Gasteiger partial charge in [-0.1, -0.05) is 30.3 Å². The summed E-state index contributed by atoms with van der Waals surface area (Å²) in [5.41, 5.74) is 4.37. The van der Waals surface area contributed by atoms with Crippen molar-refractivity contribution in [3.05, 3.63) is 89.2 Å². The first-order chi connectivity index (χ1) is 16.5. The van der Waals surface area contributed by atoms with Gasteiger partial charge in [0, 0.05) is 49.6 Å². The van der Waals surface area contributed by atoms with Gasteiger partial charge in [0.25, 0.3) is 5.91 Å². The van der Waals surface area contributed by atoms with Crippen LogP contribution in [0.2, 0.25) is 0 Å². The van der Waals surface area contributed by atoms with Crippen LogP contribution in [-0.4, -0.2) is 53.3 Å². The van der Waals surface area contributed by atoms with Gasteiger partial charge in [0.1, 0.15) is 5.75 Å². The Morgan fingerprint density at radius 1 is 1.09 bits per heavy atom. The summed E-state index contributed by atoms with van der Waals surface area (Å²) in [6.07, 6.45) is 1.77. The number of anilines is 1. The van der Waals surface area contributed by atoms with Crippen LogP contribution in [0.25, 0.3) is 0 Å². The molecule has 0 saturated carbocycles. The number of aryl methyl sites for hydroxylation is 1. The number of nitrogens with zero attached hydrogens (tertiary/aromatic N) is 3. The van der Waals surface area contributed by atoms with Gasteiger partial charge in [-0.15, -0.1) is 0 Å². The number of carbonyl (C=O) groups excluding carboxylic acids is 2. The van der Waals surface area contributed by atoms with Crippen molar-refractivity contribution >= 4 is 17.5 Å². The normalized spacial score (nSPS) is 15.7. The van der Waals surface area contributed by atoms with E-state index in [4.69, 9.17) is 4.74 Å². The molecular formula is C27H30N4O3. The molecule has 176 valence electrons. The number of para-hydroxylation sites is 1. The van der Waals surface area contributed by atoms with Crippen molar-refractivity contribution in [3.63, 3.8) is 0 Å². The molecule has 34 heavy (non-hydrogen) atoms. The Morgan fingerprint density at radius 3 is 2.62 bits per heavy atom. The van der Waals surface area contributed by atoms with Gasteiger partial charge in [-0.3, -0.25) is 14.6 Å². The van der Waals surface area contributed by atoms with Crippen LogP contribution in [0.4, 0.5) is 5.69 Å². The lowest BCUT2D eigenvalue weighted by Crippen LogP contribution is -2.52. The molecule has 2 heterocycles. The van der Waals surface area contributed by atoms with E-state index in [1.807, 2.05) is 72.5 Å². The Morgan fingerprint density at radius 2 is 1.88 bits per heavy atom. The number of rotatable bonds is 6. The van der Waals surface area contributed by atoms with Crippen LogP contribution >= 0.6 is 0 Å².